The Bertz CT molecular complexity index is 460. The summed E-state index contributed by atoms with van der Waals surface area (Å²) in [7, 11) is 0. The first-order chi connectivity index (χ1) is 10.3. The molecule has 21 heavy (non-hydrogen) atoms. The number of carbonyl (C=O) groups excluding carboxylic acids is 1. The number of hydrogen-bond donors (Lipinski definition) is 1. The van der Waals surface area contributed by atoms with Crippen LogP contribution in [0.1, 0.15) is 6.42 Å². The Kier molecular flexibility index (Phi) is 5.17. The molecule has 3 heterocycles. The maximum atomic E-state index is 11.9. The number of nitrogens with one attached hydrogen (secondary N) is 1. The Morgan fingerprint density at radius 3 is 2.62 bits per heavy atom. The van der Waals surface area contributed by atoms with Gasteiger partial charge in [-0.3, -0.25) is 14.6 Å². The third kappa shape index (κ3) is 4.22. The predicted molar refractivity (Wildman–Crippen MR) is 86.6 cm³/mol. The van der Waals surface area contributed by atoms with Crippen molar-refractivity contribution in [2.45, 2.75) is 17.4 Å². The topological polar surface area (TPSA) is 35.6 Å². The number of amides is 1. The maximum Gasteiger partial charge on any atom is 0.220 e. The monoisotopic (exact) mass is 305 g/mol. The molecule has 1 atom stereocenters. The molecule has 3 saturated heterocycles. The highest BCUT2D eigenvalue weighted by atomic mass is 32.2. The molecule has 0 aliphatic carbocycles. The molecule has 1 aromatic rings. The van der Waals surface area contributed by atoms with Crippen LogP contribution >= 0.6 is 11.8 Å². The smallest absolute Gasteiger partial charge is 0.220 e. The van der Waals surface area contributed by atoms with Gasteiger partial charge in [-0.25, -0.2) is 0 Å². The van der Waals surface area contributed by atoms with E-state index in [1.54, 1.807) is 11.8 Å². The van der Waals surface area contributed by atoms with Crippen LogP contribution in [0.5, 0.6) is 0 Å². The summed E-state index contributed by atoms with van der Waals surface area (Å²) in [5.74, 6) is 1.02. The number of rotatable bonds is 6. The van der Waals surface area contributed by atoms with Gasteiger partial charge in [0.2, 0.25) is 5.91 Å². The van der Waals surface area contributed by atoms with Gasteiger partial charge in [-0.2, -0.15) is 0 Å². The summed E-state index contributed by atoms with van der Waals surface area (Å²) in [4.78, 5) is 18.2. The van der Waals surface area contributed by atoms with Gasteiger partial charge >= 0.3 is 0 Å². The van der Waals surface area contributed by atoms with E-state index in [2.05, 4.69) is 27.2 Å². The van der Waals surface area contributed by atoms with Gasteiger partial charge in [-0.05, 0) is 12.1 Å². The molecule has 0 saturated carbocycles. The first-order valence-electron chi connectivity index (χ1n) is 7.72. The van der Waals surface area contributed by atoms with Gasteiger partial charge in [0.25, 0.3) is 0 Å². The molecular formula is C16H23N3OS. The van der Waals surface area contributed by atoms with Gasteiger partial charge in [0, 0.05) is 62.4 Å². The average molecular weight is 305 g/mol. The molecule has 1 N–H and O–H groups in total. The number of fused-ring (bicyclic) bond motifs is 3. The zero-order chi connectivity index (χ0) is 14.5. The van der Waals surface area contributed by atoms with Gasteiger partial charge in [-0.15, -0.1) is 11.8 Å². The summed E-state index contributed by atoms with van der Waals surface area (Å²) in [6.45, 7) is 6.61. The van der Waals surface area contributed by atoms with E-state index in [9.17, 15) is 4.79 Å². The van der Waals surface area contributed by atoms with Crippen LogP contribution in [0.25, 0.3) is 0 Å². The first kappa shape index (κ1) is 14.9. The molecule has 4 nitrogen and oxygen atoms in total. The summed E-state index contributed by atoms with van der Waals surface area (Å²) < 4.78 is 0. The van der Waals surface area contributed by atoms with Crippen molar-refractivity contribution in [3.63, 3.8) is 0 Å². The van der Waals surface area contributed by atoms with Crippen molar-refractivity contribution in [2.24, 2.45) is 0 Å². The largest absolute Gasteiger partial charge is 0.354 e. The highest BCUT2D eigenvalue weighted by Crippen LogP contribution is 2.18. The van der Waals surface area contributed by atoms with Crippen LogP contribution in [0.2, 0.25) is 0 Å². The fourth-order valence-corrected chi connectivity index (χ4v) is 3.89. The normalized spacial score (nSPS) is 27.5. The quantitative estimate of drug-likeness (QED) is 0.803. The Morgan fingerprint density at radius 2 is 1.95 bits per heavy atom. The lowest BCUT2D eigenvalue weighted by molar-refractivity contribution is -0.121. The number of nitrogens with zero attached hydrogens (tertiary/aromatic N) is 2. The first-order valence-corrected chi connectivity index (χ1v) is 8.71. The fourth-order valence-electron chi connectivity index (χ4n) is 3.02. The molecule has 5 heteroatoms. The Balaban J connectivity index is 1.33. The van der Waals surface area contributed by atoms with Crippen molar-refractivity contribution in [2.75, 3.05) is 45.0 Å². The molecule has 3 aliphatic rings. The van der Waals surface area contributed by atoms with Crippen molar-refractivity contribution in [1.29, 1.82) is 0 Å². The third-order valence-electron chi connectivity index (χ3n) is 4.27. The third-order valence-corrected chi connectivity index (χ3v) is 5.28. The van der Waals surface area contributed by atoms with Gasteiger partial charge in [0.05, 0.1) is 0 Å². The Labute approximate surface area is 130 Å². The lowest BCUT2D eigenvalue weighted by atomic mass is 10.1. The van der Waals surface area contributed by atoms with E-state index in [1.807, 2.05) is 18.2 Å². The number of thioether (sulfide) groups is 1. The molecule has 1 unspecified atom stereocenters. The molecule has 1 amide bonds. The zero-order valence-corrected chi connectivity index (χ0v) is 13.1. The number of hydrogen-bond acceptors (Lipinski definition) is 4. The highest BCUT2D eigenvalue weighted by molar-refractivity contribution is 7.99. The molecule has 0 aromatic heterocycles. The molecule has 114 valence electrons. The zero-order valence-electron chi connectivity index (χ0n) is 12.3. The van der Waals surface area contributed by atoms with Crippen LogP contribution in [0.4, 0.5) is 0 Å². The predicted octanol–water partition coefficient (Wildman–Crippen LogP) is 1.28. The molecule has 0 spiro atoms. The van der Waals surface area contributed by atoms with E-state index in [0.717, 1.165) is 31.9 Å². The van der Waals surface area contributed by atoms with Gasteiger partial charge in [-0.1, -0.05) is 18.2 Å². The van der Waals surface area contributed by atoms with Crippen LogP contribution < -0.4 is 5.32 Å². The number of carbonyl (C=O) groups is 1. The minimum atomic E-state index is 0.177. The SMILES string of the molecule is O=C(CCSc1ccccc1)NCC1CN2CCN1CC2. The lowest BCUT2D eigenvalue weighted by Gasteiger charge is -2.47. The van der Waals surface area contributed by atoms with Crippen molar-refractivity contribution < 1.29 is 4.79 Å². The van der Waals surface area contributed by atoms with Crippen LogP contribution in [-0.4, -0.2) is 66.8 Å². The van der Waals surface area contributed by atoms with Gasteiger partial charge in [0.1, 0.15) is 0 Å². The van der Waals surface area contributed by atoms with E-state index in [1.165, 1.54) is 18.0 Å². The van der Waals surface area contributed by atoms with E-state index < -0.39 is 0 Å². The van der Waals surface area contributed by atoms with E-state index >= 15 is 0 Å². The van der Waals surface area contributed by atoms with Gasteiger partial charge in [0.15, 0.2) is 0 Å². The molecule has 3 aliphatic heterocycles. The van der Waals surface area contributed by atoms with E-state index in [4.69, 9.17) is 0 Å². The second kappa shape index (κ2) is 7.29. The molecular weight excluding hydrogens is 282 g/mol. The summed E-state index contributed by atoms with van der Waals surface area (Å²) in [6.07, 6.45) is 0.593. The van der Waals surface area contributed by atoms with Crippen molar-refractivity contribution in [1.82, 2.24) is 15.1 Å². The lowest BCUT2D eigenvalue weighted by Crippen LogP contribution is -2.63. The summed E-state index contributed by atoms with van der Waals surface area (Å²) in [6, 6.07) is 10.8. The summed E-state index contributed by atoms with van der Waals surface area (Å²) >= 11 is 1.74. The highest BCUT2D eigenvalue weighted by Gasteiger charge is 2.31. The molecule has 4 rings (SSSR count). The average Bonchev–Trinajstić information content (AvgIpc) is 2.55. The second-order valence-corrected chi connectivity index (χ2v) is 6.87. The number of piperazine rings is 3. The summed E-state index contributed by atoms with van der Waals surface area (Å²) in [5, 5.41) is 3.10. The molecule has 1 aromatic carbocycles. The van der Waals surface area contributed by atoms with Crippen LogP contribution in [-0.2, 0) is 4.79 Å². The van der Waals surface area contributed by atoms with Crippen LogP contribution in [0, 0.1) is 0 Å². The number of benzene rings is 1. The Morgan fingerprint density at radius 1 is 1.19 bits per heavy atom. The minimum absolute atomic E-state index is 0.177. The molecule has 0 radical (unpaired) electrons. The minimum Gasteiger partial charge on any atom is -0.354 e. The van der Waals surface area contributed by atoms with E-state index in [-0.39, 0.29) is 5.91 Å². The van der Waals surface area contributed by atoms with Crippen molar-refractivity contribution in [3.8, 4) is 0 Å². The van der Waals surface area contributed by atoms with Crippen molar-refractivity contribution in [3.05, 3.63) is 30.3 Å². The second-order valence-electron chi connectivity index (χ2n) is 5.71. The molecule has 2 bridgehead atoms. The fraction of sp³-hybridized carbons (Fsp3) is 0.562. The summed E-state index contributed by atoms with van der Waals surface area (Å²) in [5.41, 5.74) is 0. The van der Waals surface area contributed by atoms with Gasteiger partial charge < -0.3 is 5.32 Å². The Hall–Kier alpha value is -1.04. The van der Waals surface area contributed by atoms with Crippen LogP contribution in [0.3, 0.4) is 0 Å². The standard InChI is InChI=1S/C16H23N3OS/c20-16(6-11-21-15-4-2-1-3-5-15)17-12-14-13-18-7-9-19(14)10-8-18/h1-5,14H,6-13H2,(H,17,20). The van der Waals surface area contributed by atoms with Crippen molar-refractivity contribution >= 4 is 17.7 Å². The molecule has 3 fully saturated rings. The van der Waals surface area contributed by atoms with Crippen LogP contribution in [0.15, 0.2) is 35.2 Å². The van der Waals surface area contributed by atoms with E-state index in [0.29, 0.717) is 12.5 Å². The maximum absolute atomic E-state index is 11.9.